The summed E-state index contributed by atoms with van der Waals surface area (Å²) in [5.41, 5.74) is -1.65. The molecule has 176 valence electrons. The number of hydrogen-bond acceptors (Lipinski definition) is 8. The minimum Gasteiger partial charge on any atom is -0.351 e. The molecular weight excluding hydrogens is 466 g/mol. The first-order valence-corrected chi connectivity index (χ1v) is 9.80. The van der Waals surface area contributed by atoms with Gasteiger partial charge in [0.1, 0.15) is 23.2 Å². The van der Waals surface area contributed by atoms with Crippen molar-refractivity contribution in [3.8, 4) is 17.6 Å². The van der Waals surface area contributed by atoms with Crippen molar-refractivity contribution in [1.82, 2.24) is 24.9 Å². The Labute approximate surface area is 188 Å². The molecule has 0 bridgehead atoms. The van der Waals surface area contributed by atoms with Crippen LogP contribution in [0.15, 0.2) is 30.3 Å². The van der Waals surface area contributed by atoms with Gasteiger partial charge in [-0.2, -0.15) is 37.8 Å². The number of nitriles is 1. The predicted molar refractivity (Wildman–Crippen MR) is 106 cm³/mol. The van der Waals surface area contributed by atoms with Gasteiger partial charge in [0.25, 0.3) is 0 Å². The van der Waals surface area contributed by atoms with Crippen molar-refractivity contribution in [2.75, 3.05) is 10.6 Å². The van der Waals surface area contributed by atoms with Crippen molar-refractivity contribution in [1.29, 1.82) is 5.26 Å². The van der Waals surface area contributed by atoms with Gasteiger partial charge in [-0.15, -0.1) is 0 Å². The average Bonchev–Trinajstić information content (AvgIpc) is 3.10. The monoisotopic (exact) mass is 480 g/mol. The number of nitrogens with zero attached hydrogens (tertiary/aromatic N) is 6. The van der Waals surface area contributed by atoms with Crippen LogP contribution in [0.1, 0.15) is 30.7 Å². The average molecular weight is 480 g/mol. The van der Waals surface area contributed by atoms with Crippen molar-refractivity contribution in [3.63, 3.8) is 0 Å². The first-order chi connectivity index (χ1) is 16.0. The van der Waals surface area contributed by atoms with E-state index in [2.05, 4.69) is 35.6 Å². The Hall–Kier alpha value is -4.02. The molecule has 0 aliphatic heterocycles. The maximum absolute atomic E-state index is 13.7. The molecule has 4 rings (SSSR count). The molecule has 0 spiro atoms. The van der Waals surface area contributed by atoms with Crippen LogP contribution in [-0.4, -0.2) is 36.9 Å². The molecule has 34 heavy (non-hydrogen) atoms. The highest BCUT2D eigenvalue weighted by Crippen LogP contribution is 2.36. The molecule has 8 nitrogen and oxygen atoms in total. The Balaban J connectivity index is 1.72. The molecule has 0 amide bonds. The number of alkyl halides is 5. The lowest BCUT2D eigenvalue weighted by Crippen LogP contribution is -2.21. The van der Waals surface area contributed by atoms with Gasteiger partial charge in [-0.1, -0.05) is 6.07 Å². The molecule has 3 aromatic rings. The number of aromatic nitrogens is 5. The Morgan fingerprint density at radius 2 is 1.79 bits per heavy atom. The Bertz CT molecular complexity index is 1260. The fourth-order valence-corrected chi connectivity index (χ4v) is 3.34. The van der Waals surface area contributed by atoms with E-state index >= 15 is 0 Å². The summed E-state index contributed by atoms with van der Waals surface area (Å²) in [6.07, 6.45) is -5.40. The standard InChI is InChI=1S/C20H14F6N8/c21-15-7-11(6-12(9-27)28-15)30-18-33-16(13-2-1-3-14(31-13)20(24,25)26)32-17(34-18)29-10-4-5-19(22,23)8-10/h1-3,6-7,10H,4-5,8H2,(H2,28,29,30,32,33,34). The number of rotatable bonds is 5. The van der Waals surface area contributed by atoms with Crippen molar-refractivity contribution in [2.24, 2.45) is 0 Å². The summed E-state index contributed by atoms with van der Waals surface area (Å²) in [5, 5.41) is 14.3. The zero-order valence-corrected chi connectivity index (χ0v) is 17.0. The molecular formula is C20H14F6N8. The fourth-order valence-electron chi connectivity index (χ4n) is 3.34. The number of pyridine rings is 2. The molecule has 1 aliphatic carbocycles. The lowest BCUT2D eigenvalue weighted by molar-refractivity contribution is -0.141. The molecule has 1 unspecified atom stereocenters. The lowest BCUT2D eigenvalue weighted by Gasteiger charge is -2.15. The van der Waals surface area contributed by atoms with E-state index in [9.17, 15) is 26.3 Å². The van der Waals surface area contributed by atoms with Gasteiger partial charge in [-0.05, 0) is 24.6 Å². The topological polar surface area (TPSA) is 112 Å². The second-order valence-corrected chi connectivity index (χ2v) is 7.45. The third-order valence-electron chi connectivity index (χ3n) is 4.81. The largest absolute Gasteiger partial charge is 0.433 e. The fraction of sp³-hybridized carbons (Fsp3) is 0.300. The van der Waals surface area contributed by atoms with Gasteiger partial charge in [-0.3, -0.25) is 0 Å². The van der Waals surface area contributed by atoms with Crippen LogP contribution in [0.25, 0.3) is 11.5 Å². The highest BCUT2D eigenvalue weighted by Gasteiger charge is 2.39. The molecule has 0 saturated heterocycles. The van der Waals surface area contributed by atoms with E-state index in [1.807, 2.05) is 0 Å². The summed E-state index contributed by atoms with van der Waals surface area (Å²) >= 11 is 0. The van der Waals surface area contributed by atoms with Crippen molar-refractivity contribution in [2.45, 2.75) is 37.4 Å². The normalized spacial score (nSPS) is 17.3. The first kappa shape index (κ1) is 23.1. The summed E-state index contributed by atoms with van der Waals surface area (Å²) in [6.45, 7) is 0. The third-order valence-corrected chi connectivity index (χ3v) is 4.81. The van der Waals surface area contributed by atoms with Gasteiger partial charge in [0.15, 0.2) is 5.82 Å². The minimum atomic E-state index is -4.72. The second kappa shape index (κ2) is 8.73. The number of halogens is 6. The summed E-state index contributed by atoms with van der Waals surface area (Å²) in [6, 6.07) is 6.25. The number of nitrogens with one attached hydrogen (secondary N) is 2. The van der Waals surface area contributed by atoms with Gasteiger partial charge >= 0.3 is 6.18 Å². The molecule has 0 radical (unpaired) electrons. The van der Waals surface area contributed by atoms with E-state index in [1.54, 1.807) is 6.07 Å². The summed E-state index contributed by atoms with van der Waals surface area (Å²) in [4.78, 5) is 19.0. The zero-order valence-electron chi connectivity index (χ0n) is 17.0. The smallest absolute Gasteiger partial charge is 0.351 e. The first-order valence-electron chi connectivity index (χ1n) is 9.80. The van der Waals surface area contributed by atoms with E-state index in [0.29, 0.717) is 0 Å². The highest BCUT2D eigenvalue weighted by molar-refractivity contribution is 5.59. The summed E-state index contributed by atoms with van der Waals surface area (Å²) in [5.74, 6) is -4.55. The van der Waals surface area contributed by atoms with Crippen LogP contribution in [0.5, 0.6) is 0 Å². The molecule has 2 N–H and O–H groups in total. The van der Waals surface area contributed by atoms with Crippen LogP contribution in [0.2, 0.25) is 0 Å². The molecule has 1 saturated carbocycles. The molecule has 3 aromatic heterocycles. The maximum atomic E-state index is 13.7. The van der Waals surface area contributed by atoms with Crippen LogP contribution < -0.4 is 10.6 Å². The van der Waals surface area contributed by atoms with Crippen LogP contribution in [0, 0.1) is 17.3 Å². The Kier molecular flexibility index (Phi) is 5.94. The van der Waals surface area contributed by atoms with Crippen molar-refractivity contribution < 1.29 is 26.3 Å². The molecule has 0 aromatic carbocycles. The molecule has 1 aliphatic rings. The second-order valence-electron chi connectivity index (χ2n) is 7.45. The number of hydrogen-bond donors (Lipinski definition) is 2. The van der Waals surface area contributed by atoms with Crippen molar-refractivity contribution >= 4 is 17.6 Å². The van der Waals surface area contributed by atoms with Gasteiger partial charge in [-0.25, -0.2) is 18.7 Å². The Morgan fingerprint density at radius 1 is 1.03 bits per heavy atom. The van der Waals surface area contributed by atoms with Gasteiger partial charge in [0.2, 0.25) is 23.8 Å². The third kappa shape index (κ3) is 5.48. The molecule has 3 heterocycles. The number of anilines is 3. The van der Waals surface area contributed by atoms with E-state index in [0.717, 1.165) is 18.2 Å². The summed E-state index contributed by atoms with van der Waals surface area (Å²) < 4.78 is 80.2. The molecule has 1 fully saturated rings. The van der Waals surface area contributed by atoms with Crippen LogP contribution in [0.3, 0.4) is 0 Å². The molecule has 14 heteroatoms. The van der Waals surface area contributed by atoms with Gasteiger partial charge in [0, 0.05) is 30.6 Å². The Morgan fingerprint density at radius 3 is 2.47 bits per heavy atom. The van der Waals surface area contributed by atoms with E-state index in [4.69, 9.17) is 5.26 Å². The highest BCUT2D eigenvalue weighted by atomic mass is 19.4. The minimum absolute atomic E-state index is 0.0246. The van der Waals surface area contributed by atoms with Gasteiger partial charge < -0.3 is 10.6 Å². The maximum Gasteiger partial charge on any atom is 0.433 e. The predicted octanol–water partition coefficient (Wildman–Crippen LogP) is 4.70. The quantitative estimate of drug-likeness (QED) is 0.399. The van der Waals surface area contributed by atoms with Crippen molar-refractivity contribution in [3.05, 3.63) is 47.7 Å². The van der Waals surface area contributed by atoms with E-state index in [-0.39, 0.29) is 47.6 Å². The van der Waals surface area contributed by atoms with Crippen LogP contribution in [-0.2, 0) is 6.18 Å². The van der Waals surface area contributed by atoms with Crippen LogP contribution >= 0.6 is 0 Å². The van der Waals surface area contributed by atoms with E-state index in [1.165, 1.54) is 12.1 Å². The molecule has 1 atom stereocenters. The van der Waals surface area contributed by atoms with Gasteiger partial charge in [0.05, 0.1) is 0 Å². The lowest BCUT2D eigenvalue weighted by atomic mass is 10.2. The SMILES string of the molecule is N#Cc1cc(Nc2nc(NC3CCC(F)(F)C3)nc(-c3cccc(C(F)(F)F)n3)n2)cc(F)n1. The van der Waals surface area contributed by atoms with Crippen LogP contribution in [0.4, 0.5) is 43.9 Å². The zero-order chi connectivity index (χ0) is 24.5. The van der Waals surface area contributed by atoms with E-state index < -0.39 is 36.2 Å². The summed E-state index contributed by atoms with van der Waals surface area (Å²) in [7, 11) is 0.